The van der Waals surface area contributed by atoms with Gasteiger partial charge in [0.15, 0.2) is 11.6 Å². The van der Waals surface area contributed by atoms with Gasteiger partial charge in [-0.15, -0.1) is 0 Å². The third kappa shape index (κ3) is 5.21. The number of ketones is 2. The summed E-state index contributed by atoms with van der Waals surface area (Å²) in [7, 11) is 0. The van der Waals surface area contributed by atoms with Crippen molar-refractivity contribution < 1.29 is 24.3 Å². The molecule has 6 nitrogen and oxygen atoms in total. The number of benzene rings is 4. The predicted molar refractivity (Wildman–Crippen MR) is 148 cm³/mol. The maximum Gasteiger partial charge on any atom is 0.326 e. The summed E-state index contributed by atoms with van der Waals surface area (Å²) in [5, 5.41) is 10.6. The second-order valence-corrected chi connectivity index (χ2v) is 10.0. The van der Waals surface area contributed by atoms with Crippen molar-refractivity contribution in [1.29, 1.82) is 0 Å². The van der Waals surface area contributed by atoms with Gasteiger partial charge in [0.1, 0.15) is 6.04 Å². The van der Waals surface area contributed by atoms with Crippen LogP contribution in [0.2, 0.25) is 10.0 Å². The Bertz CT molecular complexity index is 1630. The maximum atomic E-state index is 13.8. The molecule has 0 saturated carbocycles. The summed E-state index contributed by atoms with van der Waals surface area (Å²) in [6, 6.07) is 23.4. The molecule has 0 aliphatic heterocycles. The highest BCUT2D eigenvalue weighted by atomic mass is 35.5. The van der Waals surface area contributed by atoms with Crippen molar-refractivity contribution in [3.05, 3.63) is 140 Å². The number of nitrogens with zero attached hydrogens (tertiary/aromatic N) is 1. The van der Waals surface area contributed by atoms with E-state index < -0.39 is 17.9 Å². The van der Waals surface area contributed by atoms with Crippen LogP contribution in [0.3, 0.4) is 0 Å². The molecule has 8 heteroatoms. The highest BCUT2D eigenvalue weighted by Gasteiger charge is 2.33. The van der Waals surface area contributed by atoms with Crippen LogP contribution in [-0.4, -0.2) is 39.5 Å². The quantitative estimate of drug-likeness (QED) is 0.261. The number of carboxylic acids is 1. The van der Waals surface area contributed by atoms with Crippen LogP contribution >= 0.6 is 23.2 Å². The number of hydrogen-bond donors (Lipinski definition) is 1. The van der Waals surface area contributed by atoms with Crippen LogP contribution < -0.4 is 0 Å². The number of hydrogen-bond acceptors (Lipinski definition) is 4. The van der Waals surface area contributed by atoms with Gasteiger partial charge in [-0.1, -0.05) is 83.9 Å². The molecule has 39 heavy (non-hydrogen) atoms. The Morgan fingerprint density at radius 1 is 0.718 bits per heavy atom. The predicted octanol–water partition coefficient (Wildman–Crippen LogP) is 6.11. The molecule has 1 amide bonds. The zero-order chi connectivity index (χ0) is 27.7. The van der Waals surface area contributed by atoms with Gasteiger partial charge in [-0.05, 0) is 41.5 Å². The number of carbonyl (C=O) groups is 4. The van der Waals surface area contributed by atoms with Gasteiger partial charge in [0.05, 0.1) is 10.6 Å². The van der Waals surface area contributed by atoms with E-state index in [9.17, 15) is 24.3 Å². The third-order valence-electron chi connectivity index (χ3n) is 6.70. The lowest BCUT2D eigenvalue weighted by molar-refractivity contribution is -0.142. The second-order valence-electron chi connectivity index (χ2n) is 9.18. The summed E-state index contributed by atoms with van der Waals surface area (Å²) in [5.41, 5.74) is 2.44. The molecule has 0 bridgehead atoms. The normalized spacial score (nSPS) is 12.9. The van der Waals surface area contributed by atoms with Crippen LogP contribution in [0, 0.1) is 0 Å². The molecule has 0 fully saturated rings. The summed E-state index contributed by atoms with van der Waals surface area (Å²) in [6.45, 7) is -0.141. The summed E-state index contributed by atoms with van der Waals surface area (Å²) in [4.78, 5) is 53.8. The highest BCUT2D eigenvalue weighted by molar-refractivity contribution is 6.36. The van der Waals surface area contributed by atoms with Gasteiger partial charge in [-0.3, -0.25) is 14.4 Å². The first kappa shape index (κ1) is 26.4. The molecule has 4 aromatic rings. The van der Waals surface area contributed by atoms with Crippen LogP contribution in [0.25, 0.3) is 0 Å². The summed E-state index contributed by atoms with van der Waals surface area (Å²) in [6.07, 6.45) is 0.0445. The van der Waals surface area contributed by atoms with E-state index in [0.29, 0.717) is 21.7 Å². The van der Waals surface area contributed by atoms with E-state index in [0.717, 1.165) is 5.56 Å². The van der Waals surface area contributed by atoms with E-state index in [1.54, 1.807) is 66.7 Å². The lowest BCUT2D eigenvalue weighted by Gasteiger charge is -2.30. The second kappa shape index (κ2) is 10.8. The topological polar surface area (TPSA) is 91.8 Å². The molecule has 1 aliphatic rings. The first-order valence-corrected chi connectivity index (χ1v) is 12.8. The summed E-state index contributed by atoms with van der Waals surface area (Å²) < 4.78 is 0. The maximum absolute atomic E-state index is 13.8. The Labute approximate surface area is 234 Å². The smallest absolute Gasteiger partial charge is 0.326 e. The van der Waals surface area contributed by atoms with E-state index in [2.05, 4.69) is 0 Å². The van der Waals surface area contributed by atoms with E-state index in [1.165, 1.54) is 23.1 Å². The fourth-order valence-electron chi connectivity index (χ4n) is 4.75. The number of carboxylic acid groups (broad SMARTS) is 1. The van der Waals surface area contributed by atoms with Gasteiger partial charge in [0.25, 0.3) is 5.91 Å². The standard InChI is InChI=1S/C31H21Cl2NO5/c32-20-11-13-24(26(33)16-20)30(37)34(27(31(38)39)15-18-6-2-1-3-7-18)17-19-10-12-23-25(14-19)29(36)22-9-5-4-8-21(22)28(23)35/h1-14,16,27H,15,17H2,(H,38,39)/t27-/m0/s1. The van der Waals surface area contributed by atoms with Crippen molar-refractivity contribution in [1.82, 2.24) is 4.90 Å². The average molecular weight is 558 g/mol. The van der Waals surface area contributed by atoms with Crippen LogP contribution in [-0.2, 0) is 17.8 Å². The molecule has 0 heterocycles. The van der Waals surface area contributed by atoms with Gasteiger partial charge in [0, 0.05) is 40.2 Å². The number of aliphatic carboxylic acids is 1. The van der Waals surface area contributed by atoms with E-state index in [1.807, 2.05) is 6.07 Å². The first-order chi connectivity index (χ1) is 18.7. The van der Waals surface area contributed by atoms with Crippen molar-refractivity contribution in [3.63, 3.8) is 0 Å². The Balaban J connectivity index is 1.56. The summed E-state index contributed by atoms with van der Waals surface area (Å²) in [5.74, 6) is -2.37. The van der Waals surface area contributed by atoms with Crippen molar-refractivity contribution in [2.45, 2.75) is 19.0 Å². The molecule has 0 saturated heterocycles. The minimum Gasteiger partial charge on any atom is -0.480 e. The molecular weight excluding hydrogens is 537 g/mol. The van der Waals surface area contributed by atoms with Crippen molar-refractivity contribution >= 4 is 46.6 Å². The van der Waals surface area contributed by atoms with Crippen LogP contribution in [0.15, 0.2) is 91.0 Å². The van der Waals surface area contributed by atoms with Crippen LogP contribution in [0.5, 0.6) is 0 Å². The van der Waals surface area contributed by atoms with Crippen LogP contribution in [0.1, 0.15) is 53.3 Å². The molecule has 0 aromatic heterocycles. The molecule has 1 atom stereocenters. The van der Waals surface area contributed by atoms with Gasteiger partial charge in [-0.2, -0.15) is 0 Å². The average Bonchev–Trinajstić information content (AvgIpc) is 2.93. The van der Waals surface area contributed by atoms with Gasteiger partial charge in [-0.25, -0.2) is 4.79 Å². The molecule has 1 aliphatic carbocycles. The number of carbonyl (C=O) groups excluding carboxylic acids is 3. The van der Waals surface area contributed by atoms with Gasteiger partial charge in [0.2, 0.25) is 0 Å². The highest BCUT2D eigenvalue weighted by Crippen LogP contribution is 2.30. The fraction of sp³-hybridized carbons (Fsp3) is 0.0968. The molecule has 0 unspecified atom stereocenters. The monoisotopic (exact) mass is 557 g/mol. The molecule has 0 spiro atoms. The minimum absolute atomic E-state index is 0.0445. The Hall–Kier alpha value is -4.26. The lowest BCUT2D eigenvalue weighted by atomic mass is 9.83. The molecular formula is C31H21Cl2NO5. The Morgan fingerprint density at radius 2 is 1.33 bits per heavy atom. The minimum atomic E-state index is -1.25. The SMILES string of the molecule is O=C1c2ccccc2C(=O)c2cc(CN(C(=O)c3ccc(Cl)cc3Cl)[C@@H](Cc3ccccc3)C(=O)O)ccc21. The lowest BCUT2D eigenvalue weighted by Crippen LogP contribution is -2.46. The molecule has 4 aromatic carbocycles. The fourth-order valence-corrected chi connectivity index (χ4v) is 5.24. The largest absolute Gasteiger partial charge is 0.480 e. The van der Waals surface area contributed by atoms with E-state index in [4.69, 9.17) is 23.2 Å². The zero-order valence-corrected chi connectivity index (χ0v) is 21.9. The summed E-state index contributed by atoms with van der Waals surface area (Å²) >= 11 is 12.3. The van der Waals surface area contributed by atoms with E-state index >= 15 is 0 Å². The van der Waals surface area contributed by atoms with Crippen molar-refractivity contribution in [3.8, 4) is 0 Å². The molecule has 0 radical (unpaired) electrons. The third-order valence-corrected chi connectivity index (χ3v) is 7.25. The molecule has 194 valence electrons. The van der Waals surface area contributed by atoms with Crippen molar-refractivity contribution in [2.75, 3.05) is 0 Å². The number of amides is 1. The van der Waals surface area contributed by atoms with Crippen molar-refractivity contribution in [2.24, 2.45) is 0 Å². The Kier molecular flexibility index (Phi) is 7.33. The molecule has 5 rings (SSSR count). The number of fused-ring (bicyclic) bond motifs is 2. The Morgan fingerprint density at radius 3 is 1.97 bits per heavy atom. The van der Waals surface area contributed by atoms with Gasteiger partial charge < -0.3 is 10.0 Å². The van der Waals surface area contributed by atoms with Gasteiger partial charge >= 0.3 is 5.97 Å². The number of halogens is 2. The first-order valence-electron chi connectivity index (χ1n) is 12.1. The molecule has 1 N–H and O–H groups in total. The van der Waals surface area contributed by atoms with Crippen LogP contribution in [0.4, 0.5) is 0 Å². The zero-order valence-electron chi connectivity index (χ0n) is 20.4. The van der Waals surface area contributed by atoms with E-state index in [-0.39, 0.29) is 46.2 Å². The number of rotatable bonds is 7.